The van der Waals surface area contributed by atoms with E-state index in [1.807, 2.05) is 30.3 Å². The summed E-state index contributed by atoms with van der Waals surface area (Å²) in [6.45, 7) is 0.455. The van der Waals surface area contributed by atoms with E-state index in [-0.39, 0.29) is 31.8 Å². The molecule has 0 unspecified atom stereocenters. The third kappa shape index (κ3) is 5.31. The molecule has 1 fully saturated rings. The lowest BCUT2D eigenvalue weighted by Gasteiger charge is -2.31. The summed E-state index contributed by atoms with van der Waals surface area (Å²) in [5.74, 6) is -0.378. The number of alkyl halides is 3. The van der Waals surface area contributed by atoms with Crippen LogP contribution >= 0.6 is 0 Å². The highest BCUT2D eigenvalue weighted by Crippen LogP contribution is 2.36. The van der Waals surface area contributed by atoms with E-state index in [1.54, 1.807) is 16.9 Å². The van der Waals surface area contributed by atoms with Crippen LogP contribution in [-0.2, 0) is 27.5 Å². The fourth-order valence-electron chi connectivity index (χ4n) is 3.94. The van der Waals surface area contributed by atoms with Gasteiger partial charge in [0.2, 0.25) is 15.9 Å². The molecule has 2 heterocycles. The van der Waals surface area contributed by atoms with Gasteiger partial charge in [-0.3, -0.25) is 9.48 Å². The van der Waals surface area contributed by atoms with Crippen LogP contribution in [0.25, 0.3) is 0 Å². The van der Waals surface area contributed by atoms with Gasteiger partial charge in [0.1, 0.15) is 0 Å². The Balaban J connectivity index is 1.36. The predicted molar refractivity (Wildman–Crippen MR) is 119 cm³/mol. The highest BCUT2D eigenvalue weighted by molar-refractivity contribution is 7.89. The van der Waals surface area contributed by atoms with Crippen LogP contribution in [0.2, 0.25) is 0 Å². The zero-order valence-electron chi connectivity index (χ0n) is 18.1. The minimum Gasteiger partial charge on any atom is -0.309 e. The monoisotopic (exact) mass is 492 g/mol. The SMILES string of the molecule is O=C(Nc1ccn(Cc2ccccc2)n1)C1CCN(S(=O)(=O)c2ccccc2C(F)(F)F)CC1. The minimum absolute atomic E-state index is 0.0466. The molecule has 0 spiro atoms. The molecule has 1 saturated heterocycles. The summed E-state index contributed by atoms with van der Waals surface area (Å²) in [4.78, 5) is 11.9. The summed E-state index contributed by atoms with van der Waals surface area (Å²) < 4.78 is 68.4. The van der Waals surface area contributed by atoms with Crippen molar-refractivity contribution in [3.05, 3.63) is 78.0 Å². The molecule has 0 aliphatic carbocycles. The number of carbonyl (C=O) groups excluding carboxylic acids is 1. The number of anilines is 1. The fraction of sp³-hybridized carbons (Fsp3) is 0.304. The number of halogens is 3. The van der Waals surface area contributed by atoms with Crippen LogP contribution in [0.3, 0.4) is 0 Å². The van der Waals surface area contributed by atoms with Crippen molar-refractivity contribution in [2.45, 2.75) is 30.5 Å². The third-order valence-corrected chi connectivity index (χ3v) is 7.67. The van der Waals surface area contributed by atoms with E-state index < -0.39 is 32.6 Å². The molecule has 1 amide bonds. The first-order valence-electron chi connectivity index (χ1n) is 10.7. The Bertz CT molecular complexity index is 1250. The number of nitrogens with one attached hydrogen (secondary N) is 1. The Labute approximate surface area is 195 Å². The van der Waals surface area contributed by atoms with Crippen molar-refractivity contribution in [2.24, 2.45) is 5.92 Å². The second-order valence-corrected chi connectivity index (χ2v) is 9.95. The molecule has 0 saturated carbocycles. The lowest BCUT2D eigenvalue weighted by molar-refractivity contribution is -0.139. The number of amides is 1. The lowest BCUT2D eigenvalue weighted by atomic mass is 9.97. The summed E-state index contributed by atoms with van der Waals surface area (Å²) in [5.41, 5.74) is -0.134. The molecule has 1 aliphatic rings. The van der Waals surface area contributed by atoms with Crippen LogP contribution in [0.15, 0.2) is 71.8 Å². The van der Waals surface area contributed by atoms with Crippen LogP contribution in [0.1, 0.15) is 24.0 Å². The minimum atomic E-state index is -4.79. The number of sulfonamides is 1. The molecule has 0 radical (unpaired) electrons. The van der Waals surface area contributed by atoms with E-state index in [4.69, 9.17) is 0 Å². The zero-order chi connectivity index (χ0) is 24.3. The van der Waals surface area contributed by atoms with E-state index in [0.717, 1.165) is 28.1 Å². The van der Waals surface area contributed by atoms with Gasteiger partial charge in [-0.05, 0) is 30.5 Å². The Morgan fingerprint density at radius 2 is 1.65 bits per heavy atom. The normalized spacial score (nSPS) is 15.9. The van der Waals surface area contributed by atoms with Crippen molar-refractivity contribution < 1.29 is 26.4 Å². The Morgan fingerprint density at radius 1 is 1.00 bits per heavy atom. The number of hydrogen-bond acceptors (Lipinski definition) is 4. The molecule has 7 nitrogen and oxygen atoms in total. The highest BCUT2D eigenvalue weighted by Gasteiger charge is 2.40. The van der Waals surface area contributed by atoms with Gasteiger partial charge in [-0.25, -0.2) is 8.42 Å². The first-order chi connectivity index (χ1) is 16.1. The van der Waals surface area contributed by atoms with Crippen molar-refractivity contribution in [3.8, 4) is 0 Å². The first kappa shape index (κ1) is 24.0. The van der Waals surface area contributed by atoms with Crippen molar-refractivity contribution in [1.29, 1.82) is 0 Å². The molecule has 1 aromatic heterocycles. The van der Waals surface area contributed by atoms with Crippen LogP contribution < -0.4 is 5.32 Å². The number of nitrogens with zero attached hydrogens (tertiary/aromatic N) is 3. The summed E-state index contributed by atoms with van der Waals surface area (Å²) in [7, 11) is -4.34. The summed E-state index contributed by atoms with van der Waals surface area (Å²) in [6.07, 6.45) is -2.64. The molecular weight excluding hydrogens is 469 g/mol. The number of rotatable bonds is 6. The quantitative estimate of drug-likeness (QED) is 0.564. The predicted octanol–water partition coefficient (Wildman–Crippen LogP) is 3.99. The van der Waals surface area contributed by atoms with Gasteiger partial charge < -0.3 is 5.32 Å². The van der Waals surface area contributed by atoms with Gasteiger partial charge >= 0.3 is 6.18 Å². The van der Waals surface area contributed by atoms with Crippen LogP contribution in [0, 0.1) is 5.92 Å². The summed E-state index contributed by atoms with van der Waals surface area (Å²) in [5, 5.41) is 7.08. The van der Waals surface area contributed by atoms with Gasteiger partial charge in [0.05, 0.1) is 17.0 Å². The lowest BCUT2D eigenvalue weighted by Crippen LogP contribution is -2.41. The summed E-state index contributed by atoms with van der Waals surface area (Å²) >= 11 is 0. The van der Waals surface area contributed by atoms with Crippen LogP contribution in [0.5, 0.6) is 0 Å². The number of aromatic nitrogens is 2. The van der Waals surface area contributed by atoms with Crippen molar-refractivity contribution >= 4 is 21.7 Å². The second kappa shape index (κ2) is 9.59. The molecule has 4 rings (SSSR count). The molecular formula is C23H23F3N4O3S. The van der Waals surface area contributed by atoms with Crippen LogP contribution in [0.4, 0.5) is 19.0 Å². The average Bonchev–Trinajstić information content (AvgIpc) is 3.25. The Hall–Kier alpha value is -3.18. The third-order valence-electron chi connectivity index (χ3n) is 5.71. The van der Waals surface area contributed by atoms with Gasteiger partial charge in [-0.15, -0.1) is 0 Å². The van der Waals surface area contributed by atoms with Gasteiger partial charge in [-0.2, -0.15) is 22.6 Å². The van der Waals surface area contributed by atoms with Crippen molar-refractivity contribution in [3.63, 3.8) is 0 Å². The Morgan fingerprint density at radius 3 is 2.32 bits per heavy atom. The van der Waals surface area contributed by atoms with Gasteiger partial charge in [0, 0.05) is 31.3 Å². The van der Waals surface area contributed by atoms with E-state index >= 15 is 0 Å². The molecule has 180 valence electrons. The van der Waals surface area contributed by atoms with Crippen molar-refractivity contribution in [2.75, 3.05) is 18.4 Å². The van der Waals surface area contributed by atoms with Gasteiger partial charge in [0.15, 0.2) is 5.82 Å². The maximum atomic E-state index is 13.3. The topological polar surface area (TPSA) is 84.3 Å². The number of benzene rings is 2. The van der Waals surface area contributed by atoms with Crippen LogP contribution in [-0.4, -0.2) is 41.5 Å². The van der Waals surface area contributed by atoms with Gasteiger partial charge in [0.25, 0.3) is 0 Å². The maximum absolute atomic E-state index is 13.3. The largest absolute Gasteiger partial charge is 0.417 e. The van der Waals surface area contributed by atoms with E-state index in [0.29, 0.717) is 12.4 Å². The van der Waals surface area contributed by atoms with Crippen molar-refractivity contribution in [1.82, 2.24) is 14.1 Å². The smallest absolute Gasteiger partial charge is 0.309 e. The average molecular weight is 493 g/mol. The standard InChI is InChI=1S/C23H23F3N4O3S/c24-23(25,26)19-8-4-5-9-20(19)34(32,33)30-14-10-18(11-15-30)22(31)27-21-12-13-29(28-21)16-17-6-2-1-3-7-17/h1-9,12-13,18H,10-11,14-16H2,(H,27,28,31). The second-order valence-electron chi connectivity index (χ2n) is 8.05. The summed E-state index contributed by atoms with van der Waals surface area (Å²) in [6, 6.07) is 15.5. The number of carbonyl (C=O) groups is 1. The maximum Gasteiger partial charge on any atom is 0.417 e. The molecule has 2 aromatic carbocycles. The number of hydrogen-bond donors (Lipinski definition) is 1. The molecule has 0 bridgehead atoms. The highest BCUT2D eigenvalue weighted by atomic mass is 32.2. The molecule has 11 heteroatoms. The van der Waals surface area contributed by atoms with E-state index in [2.05, 4.69) is 10.4 Å². The molecule has 1 aliphatic heterocycles. The molecule has 0 atom stereocenters. The fourth-order valence-corrected chi connectivity index (χ4v) is 5.62. The zero-order valence-corrected chi connectivity index (χ0v) is 18.9. The number of piperidine rings is 1. The first-order valence-corrected chi connectivity index (χ1v) is 12.1. The molecule has 3 aromatic rings. The van der Waals surface area contributed by atoms with E-state index in [1.165, 1.54) is 6.07 Å². The molecule has 1 N–H and O–H groups in total. The van der Waals surface area contributed by atoms with E-state index in [9.17, 15) is 26.4 Å². The Kier molecular flexibility index (Phi) is 6.76. The molecule has 34 heavy (non-hydrogen) atoms. The van der Waals surface area contributed by atoms with Gasteiger partial charge in [-0.1, -0.05) is 42.5 Å².